The van der Waals surface area contributed by atoms with E-state index >= 15 is 0 Å². The lowest BCUT2D eigenvalue weighted by atomic mass is 9.96. The predicted octanol–water partition coefficient (Wildman–Crippen LogP) is 2.83. The zero-order chi connectivity index (χ0) is 14.5. The Morgan fingerprint density at radius 3 is 2.70 bits per heavy atom. The molecule has 0 saturated heterocycles. The van der Waals surface area contributed by atoms with Gasteiger partial charge in [0.05, 0.1) is 18.1 Å². The van der Waals surface area contributed by atoms with Crippen molar-refractivity contribution in [1.29, 1.82) is 0 Å². The van der Waals surface area contributed by atoms with Crippen LogP contribution in [0.1, 0.15) is 32.6 Å². The van der Waals surface area contributed by atoms with Gasteiger partial charge in [0.1, 0.15) is 5.75 Å². The molecule has 108 valence electrons. The fourth-order valence-electron chi connectivity index (χ4n) is 2.09. The number of rotatable bonds is 6. The van der Waals surface area contributed by atoms with Gasteiger partial charge in [-0.05, 0) is 25.0 Å². The van der Waals surface area contributed by atoms with Crippen molar-refractivity contribution >= 4 is 0 Å². The molecule has 2 rings (SSSR count). The third kappa shape index (κ3) is 2.99. The van der Waals surface area contributed by atoms with Crippen molar-refractivity contribution in [3.05, 3.63) is 30.2 Å². The second-order valence-corrected chi connectivity index (χ2v) is 4.97. The molecule has 0 bridgehead atoms. The summed E-state index contributed by atoms with van der Waals surface area (Å²) in [4.78, 5) is 4.48. The average molecular weight is 275 g/mol. The van der Waals surface area contributed by atoms with Crippen molar-refractivity contribution in [2.24, 2.45) is 11.7 Å². The lowest BCUT2D eigenvalue weighted by Crippen LogP contribution is -2.18. The normalized spacial score (nSPS) is 12.7. The highest BCUT2D eigenvalue weighted by Crippen LogP contribution is 2.30. The first-order valence-electron chi connectivity index (χ1n) is 6.93. The van der Waals surface area contributed by atoms with Gasteiger partial charge in [0.25, 0.3) is 0 Å². The lowest BCUT2D eigenvalue weighted by Gasteiger charge is -2.13. The quantitative estimate of drug-likeness (QED) is 0.877. The van der Waals surface area contributed by atoms with E-state index in [4.69, 9.17) is 15.0 Å². The third-order valence-electron chi connectivity index (χ3n) is 3.25. The van der Waals surface area contributed by atoms with Gasteiger partial charge in [-0.2, -0.15) is 4.98 Å². The zero-order valence-electron chi connectivity index (χ0n) is 12.2. The Morgan fingerprint density at radius 1 is 1.30 bits per heavy atom. The minimum atomic E-state index is 0.0792. The van der Waals surface area contributed by atoms with Crippen molar-refractivity contribution in [2.45, 2.75) is 26.7 Å². The summed E-state index contributed by atoms with van der Waals surface area (Å²) in [5.41, 5.74) is 6.62. The molecule has 0 radical (unpaired) electrons. The van der Waals surface area contributed by atoms with Crippen LogP contribution in [0.15, 0.2) is 28.8 Å². The summed E-state index contributed by atoms with van der Waals surface area (Å²) < 4.78 is 11.0. The Kier molecular flexibility index (Phi) is 4.74. The number of para-hydroxylation sites is 1. The van der Waals surface area contributed by atoms with Crippen LogP contribution in [0, 0.1) is 5.92 Å². The Balaban J connectivity index is 2.33. The van der Waals surface area contributed by atoms with Crippen molar-refractivity contribution in [3.63, 3.8) is 0 Å². The molecule has 2 N–H and O–H groups in total. The smallest absolute Gasteiger partial charge is 0.231 e. The average Bonchev–Trinajstić information content (AvgIpc) is 2.89. The number of nitrogens with two attached hydrogens (primary N) is 1. The highest BCUT2D eigenvalue weighted by molar-refractivity contribution is 5.63. The molecular weight excluding hydrogens is 254 g/mol. The van der Waals surface area contributed by atoms with Gasteiger partial charge in [-0.3, -0.25) is 0 Å². The minimum absolute atomic E-state index is 0.0792. The summed E-state index contributed by atoms with van der Waals surface area (Å²) in [5.74, 6) is 2.33. The van der Waals surface area contributed by atoms with Gasteiger partial charge in [-0.25, -0.2) is 0 Å². The summed E-state index contributed by atoms with van der Waals surface area (Å²) in [6, 6.07) is 7.67. The fourth-order valence-corrected chi connectivity index (χ4v) is 2.09. The number of hydrogen-bond acceptors (Lipinski definition) is 5. The first-order chi connectivity index (χ1) is 9.67. The Labute approximate surface area is 119 Å². The van der Waals surface area contributed by atoms with E-state index in [1.807, 2.05) is 31.2 Å². The molecule has 1 heterocycles. The van der Waals surface area contributed by atoms with E-state index in [-0.39, 0.29) is 5.92 Å². The van der Waals surface area contributed by atoms with Gasteiger partial charge in [-0.15, -0.1) is 0 Å². The molecule has 0 spiro atoms. The summed E-state index contributed by atoms with van der Waals surface area (Å²) >= 11 is 0. The van der Waals surface area contributed by atoms with E-state index in [1.165, 1.54) is 0 Å². The number of ether oxygens (including phenoxy) is 1. The monoisotopic (exact) mass is 275 g/mol. The predicted molar refractivity (Wildman–Crippen MR) is 77.5 cm³/mol. The topological polar surface area (TPSA) is 74.2 Å². The molecule has 0 amide bonds. The zero-order valence-corrected chi connectivity index (χ0v) is 12.2. The molecule has 0 aliphatic rings. The molecular formula is C15H21N3O2. The Morgan fingerprint density at radius 2 is 2.05 bits per heavy atom. The van der Waals surface area contributed by atoms with Gasteiger partial charge >= 0.3 is 0 Å². The second-order valence-electron chi connectivity index (χ2n) is 4.97. The Bertz CT molecular complexity index is 552. The van der Waals surface area contributed by atoms with E-state index in [0.29, 0.717) is 30.8 Å². The number of hydrogen-bond donors (Lipinski definition) is 1. The molecule has 0 saturated carbocycles. The van der Waals surface area contributed by atoms with Crippen LogP contribution in [0.5, 0.6) is 5.75 Å². The summed E-state index contributed by atoms with van der Waals surface area (Å²) in [5, 5.41) is 4.06. The van der Waals surface area contributed by atoms with Crippen LogP contribution in [-0.4, -0.2) is 23.3 Å². The van der Waals surface area contributed by atoms with E-state index in [1.54, 1.807) is 0 Å². The summed E-state index contributed by atoms with van der Waals surface area (Å²) in [6.45, 7) is 7.22. The van der Waals surface area contributed by atoms with Gasteiger partial charge in [-0.1, -0.05) is 31.1 Å². The largest absolute Gasteiger partial charge is 0.493 e. The molecule has 0 aliphatic heterocycles. The highest BCUT2D eigenvalue weighted by Gasteiger charge is 2.22. The molecule has 5 heteroatoms. The maximum absolute atomic E-state index is 5.78. The maximum atomic E-state index is 5.78. The summed E-state index contributed by atoms with van der Waals surface area (Å²) in [7, 11) is 0. The van der Waals surface area contributed by atoms with E-state index in [9.17, 15) is 0 Å². The molecule has 2 aromatic rings. The van der Waals surface area contributed by atoms with Crippen molar-refractivity contribution in [3.8, 4) is 17.1 Å². The Hall–Kier alpha value is -1.88. The fraction of sp³-hybridized carbons (Fsp3) is 0.467. The highest BCUT2D eigenvalue weighted by atomic mass is 16.5. The molecule has 5 nitrogen and oxygen atoms in total. The first-order valence-corrected chi connectivity index (χ1v) is 6.93. The van der Waals surface area contributed by atoms with Crippen LogP contribution in [0.4, 0.5) is 0 Å². The SMILES string of the molecule is CCOc1ccccc1-c1noc(C(CN)C(C)C)n1. The second kappa shape index (κ2) is 6.52. The first kappa shape index (κ1) is 14.5. The van der Waals surface area contributed by atoms with Crippen molar-refractivity contribution in [1.82, 2.24) is 10.1 Å². The molecule has 0 aliphatic carbocycles. The minimum Gasteiger partial charge on any atom is -0.493 e. The van der Waals surface area contributed by atoms with Crippen LogP contribution in [-0.2, 0) is 0 Å². The van der Waals surface area contributed by atoms with Gasteiger partial charge in [0.15, 0.2) is 0 Å². The lowest BCUT2D eigenvalue weighted by molar-refractivity contribution is 0.323. The van der Waals surface area contributed by atoms with Crippen LogP contribution >= 0.6 is 0 Å². The van der Waals surface area contributed by atoms with E-state index in [0.717, 1.165) is 11.3 Å². The molecule has 1 atom stereocenters. The van der Waals surface area contributed by atoms with Crippen LogP contribution < -0.4 is 10.5 Å². The van der Waals surface area contributed by atoms with Gasteiger partial charge in [0.2, 0.25) is 11.7 Å². The summed E-state index contributed by atoms with van der Waals surface area (Å²) in [6.07, 6.45) is 0. The maximum Gasteiger partial charge on any atom is 0.231 e. The van der Waals surface area contributed by atoms with Crippen molar-refractivity contribution < 1.29 is 9.26 Å². The third-order valence-corrected chi connectivity index (χ3v) is 3.25. The standard InChI is InChI=1S/C15H21N3O2/c1-4-19-13-8-6-5-7-11(13)14-17-15(20-18-14)12(9-16)10(2)3/h5-8,10,12H,4,9,16H2,1-3H3. The van der Waals surface area contributed by atoms with Gasteiger partial charge < -0.3 is 15.0 Å². The molecule has 20 heavy (non-hydrogen) atoms. The van der Waals surface area contributed by atoms with Crippen LogP contribution in [0.3, 0.4) is 0 Å². The van der Waals surface area contributed by atoms with Crippen LogP contribution in [0.25, 0.3) is 11.4 Å². The molecule has 0 fully saturated rings. The van der Waals surface area contributed by atoms with Crippen LogP contribution in [0.2, 0.25) is 0 Å². The van der Waals surface area contributed by atoms with Crippen molar-refractivity contribution in [2.75, 3.05) is 13.2 Å². The molecule has 1 unspecified atom stereocenters. The molecule has 1 aromatic heterocycles. The van der Waals surface area contributed by atoms with E-state index in [2.05, 4.69) is 24.0 Å². The number of benzene rings is 1. The van der Waals surface area contributed by atoms with Gasteiger partial charge in [0, 0.05) is 6.54 Å². The van der Waals surface area contributed by atoms with E-state index < -0.39 is 0 Å². The number of nitrogens with zero attached hydrogens (tertiary/aromatic N) is 2. The molecule has 1 aromatic carbocycles. The number of aromatic nitrogens is 2.